The number of amides is 1. The lowest BCUT2D eigenvalue weighted by Crippen LogP contribution is -2.25. The van der Waals surface area contributed by atoms with E-state index in [1.165, 1.54) is 22.6 Å². The van der Waals surface area contributed by atoms with Crippen LogP contribution in [0.3, 0.4) is 0 Å². The number of esters is 1. The molecule has 3 aromatic rings. The van der Waals surface area contributed by atoms with E-state index in [1.54, 1.807) is 50.5 Å². The standard InChI is InChI=1S/C20H20N2O6/c1-13-16(20(25)26-3)10-15(27-13)11-21(2)19(24)17-8-7-14(28-17)12-22-9-5-4-6-18(22)23/h4-10H,11-12H2,1-3H3. The van der Waals surface area contributed by atoms with Crippen LogP contribution in [0.15, 0.2) is 56.2 Å². The number of rotatable bonds is 6. The van der Waals surface area contributed by atoms with E-state index in [2.05, 4.69) is 0 Å². The Labute approximate surface area is 160 Å². The van der Waals surface area contributed by atoms with E-state index in [-0.39, 0.29) is 30.3 Å². The number of ether oxygens (including phenoxy) is 1. The summed E-state index contributed by atoms with van der Waals surface area (Å²) in [4.78, 5) is 37.4. The molecular weight excluding hydrogens is 364 g/mol. The molecule has 0 aliphatic carbocycles. The third kappa shape index (κ3) is 4.06. The summed E-state index contributed by atoms with van der Waals surface area (Å²) in [5.41, 5.74) is 0.172. The molecule has 8 heteroatoms. The van der Waals surface area contributed by atoms with E-state index in [1.807, 2.05) is 0 Å². The summed E-state index contributed by atoms with van der Waals surface area (Å²) in [5, 5.41) is 0. The normalized spacial score (nSPS) is 10.7. The van der Waals surface area contributed by atoms with Crippen molar-refractivity contribution < 1.29 is 23.2 Å². The molecule has 28 heavy (non-hydrogen) atoms. The average Bonchev–Trinajstić information content (AvgIpc) is 3.29. The van der Waals surface area contributed by atoms with Crippen LogP contribution in [-0.4, -0.2) is 35.5 Å². The highest BCUT2D eigenvalue weighted by Gasteiger charge is 2.20. The number of nitrogens with zero attached hydrogens (tertiary/aromatic N) is 2. The molecule has 0 atom stereocenters. The van der Waals surface area contributed by atoms with Crippen LogP contribution in [0.1, 0.15) is 38.2 Å². The minimum Gasteiger partial charge on any atom is -0.465 e. The third-order valence-corrected chi connectivity index (χ3v) is 4.21. The summed E-state index contributed by atoms with van der Waals surface area (Å²) in [6.07, 6.45) is 1.65. The first-order valence-electron chi connectivity index (χ1n) is 8.56. The number of pyridine rings is 1. The molecule has 3 heterocycles. The smallest absolute Gasteiger partial charge is 0.341 e. The predicted molar refractivity (Wildman–Crippen MR) is 99.1 cm³/mol. The van der Waals surface area contributed by atoms with Crippen LogP contribution in [0, 0.1) is 6.92 Å². The van der Waals surface area contributed by atoms with Crippen LogP contribution in [-0.2, 0) is 17.8 Å². The monoisotopic (exact) mass is 384 g/mol. The number of carbonyl (C=O) groups excluding carboxylic acids is 2. The molecule has 8 nitrogen and oxygen atoms in total. The minimum absolute atomic E-state index is 0.151. The van der Waals surface area contributed by atoms with Gasteiger partial charge in [-0.1, -0.05) is 6.07 Å². The lowest BCUT2D eigenvalue weighted by molar-refractivity contribution is 0.0598. The van der Waals surface area contributed by atoms with Gasteiger partial charge in [0.15, 0.2) is 5.76 Å². The number of carbonyl (C=O) groups is 2. The number of methoxy groups -OCH3 is 1. The van der Waals surface area contributed by atoms with Gasteiger partial charge in [-0.25, -0.2) is 4.79 Å². The van der Waals surface area contributed by atoms with Gasteiger partial charge < -0.3 is 23.0 Å². The Balaban J connectivity index is 1.69. The Kier molecular flexibility index (Phi) is 5.49. The molecule has 0 saturated heterocycles. The van der Waals surface area contributed by atoms with Gasteiger partial charge >= 0.3 is 5.97 Å². The first kappa shape index (κ1) is 19.2. The lowest BCUT2D eigenvalue weighted by atomic mass is 10.2. The summed E-state index contributed by atoms with van der Waals surface area (Å²) in [7, 11) is 2.89. The minimum atomic E-state index is -0.492. The maximum Gasteiger partial charge on any atom is 0.341 e. The highest BCUT2D eigenvalue weighted by atomic mass is 16.5. The zero-order chi connectivity index (χ0) is 20.3. The molecule has 0 saturated carbocycles. The van der Waals surface area contributed by atoms with E-state index >= 15 is 0 Å². The van der Waals surface area contributed by atoms with Gasteiger partial charge in [0.25, 0.3) is 11.5 Å². The molecule has 146 valence electrons. The lowest BCUT2D eigenvalue weighted by Gasteiger charge is -2.13. The average molecular weight is 384 g/mol. The van der Waals surface area contributed by atoms with Crippen LogP contribution in [0.25, 0.3) is 0 Å². The number of hydrogen-bond acceptors (Lipinski definition) is 6. The first-order chi connectivity index (χ1) is 13.4. The summed E-state index contributed by atoms with van der Waals surface area (Å²) < 4.78 is 17.3. The summed E-state index contributed by atoms with van der Waals surface area (Å²) in [6, 6.07) is 9.64. The van der Waals surface area contributed by atoms with Gasteiger partial charge in [-0.2, -0.15) is 0 Å². The molecule has 0 radical (unpaired) electrons. The number of aromatic nitrogens is 1. The van der Waals surface area contributed by atoms with Crippen molar-refractivity contribution in [3.05, 3.63) is 81.6 Å². The molecule has 1 amide bonds. The van der Waals surface area contributed by atoms with Crippen LogP contribution in [0.5, 0.6) is 0 Å². The topological polar surface area (TPSA) is 94.9 Å². The van der Waals surface area contributed by atoms with Gasteiger partial charge in [0.1, 0.15) is 22.8 Å². The van der Waals surface area contributed by atoms with Gasteiger partial charge in [-0.05, 0) is 31.2 Å². The molecule has 0 aliphatic heterocycles. The summed E-state index contributed by atoms with van der Waals surface area (Å²) in [6.45, 7) is 2.04. The van der Waals surface area contributed by atoms with Gasteiger partial charge in [0.05, 0.1) is 20.2 Å². The van der Waals surface area contributed by atoms with Crippen LogP contribution >= 0.6 is 0 Å². The van der Waals surface area contributed by atoms with Crippen molar-refractivity contribution in [2.45, 2.75) is 20.0 Å². The largest absolute Gasteiger partial charge is 0.465 e. The van der Waals surface area contributed by atoms with Crippen LogP contribution in [0.4, 0.5) is 0 Å². The zero-order valence-electron chi connectivity index (χ0n) is 15.8. The number of aryl methyl sites for hydroxylation is 1. The molecule has 0 fully saturated rings. The van der Waals surface area contributed by atoms with E-state index in [4.69, 9.17) is 13.6 Å². The molecule has 0 spiro atoms. The summed E-state index contributed by atoms with van der Waals surface area (Å²) in [5.74, 6) is 0.686. The number of furan rings is 2. The molecule has 3 aromatic heterocycles. The molecule has 0 aromatic carbocycles. The highest BCUT2D eigenvalue weighted by molar-refractivity contribution is 5.92. The molecule has 0 unspecified atom stereocenters. The van der Waals surface area contributed by atoms with Crippen molar-refractivity contribution in [3.63, 3.8) is 0 Å². The highest BCUT2D eigenvalue weighted by Crippen LogP contribution is 2.18. The van der Waals surface area contributed by atoms with Crippen molar-refractivity contribution in [3.8, 4) is 0 Å². The van der Waals surface area contributed by atoms with E-state index < -0.39 is 5.97 Å². The second-order valence-corrected chi connectivity index (χ2v) is 6.27. The zero-order valence-corrected chi connectivity index (χ0v) is 15.8. The molecule has 0 bridgehead atoms. The Morgan fingerprint density at radius 3 is 2.64 bits per heavy atom. The number of hydrogen-bond donors (Lipinski definition) is 0. The third-order valence-electron chi connectivity index (χ3n) is 4.21. The van der Waals surface area contributed by atoms with Gasteiger partial charge in [-0.3, -0.25) is 9.59 Å². The maximum absolute atomic E-state index is 12.6. The quantitative estimate of drug-likeness (QED) is 0.606. The maximum atomic E-state index is 12.6. The van der Waals surface area contributed by atoms with Crippen molar-refractivity contribution in [1.82, 2.24) is 9.47 Å². The van der Waals surface area contributed by atoms with Crippen molar-refractivity contribution in [2.24, 2.45) is 0 Å². The Morgan fingerprint density at radius 2 is 1.93 bits per heavy atom. The Morgan fingerprint density at radius 1 is 1.14 bits per heavy atom. The first-order valence-corrected chi connectivity index (χ1v) is 8.56. The molecule has 3 rings (SSSR count). The Hall–Kier alpha value is -3.55. The van der Waals surface area contributed by atoms with E-state index in [0.717, 1.165) is 0 Å². The van der Waals surface area contributed by atoms with Gasteiger partial charge in [-0.15, -0.1) is 0 Å². The Bertz CT molecular complexity index is 1060. The molecule has 0 N–H and O–H groups in total. The SMILES string of the molecule is COC(=O)c1cc(CN(C)C(=O)c2ccc(Cn3ccccc3=O)o2)oc1C. The van der Waals surface area contributed by atoms with E-state index in [9.17, 15) is 14.4 Å². The second kappa shape index (κ2) is 7.99. The van der Waals surface area contributed by atoms with Gasteiger partial charge in [0, 0.05) is 19.3 Å². The van der Waals surface area contributed by atoms with Crippen molar-refractivity contribution >= 4 is 11.9 Å². The van der Waals surface area contributed by atoms with E-state index in [0.29, 0.717) is 22.8 Å². The second-order valence-electron chi connectivity index (χ2n) is 6.27. The van der Waals surface area contributed by atoms with Crippen molar-refractivity contribution in [2.75, 3.05) is 14.2 Å². The fraction of sp³-hybridized carbons (Fsp3) is 0.250. The molecule has 0 aliphatic rings. The van der Waals surface area contributed by atoms with Crippen LogP contribution in [0.2, 0.25) is 0 Å². The molecular formula is C20H20N2O6. The van der Waals surface area contributed by atoms with Crippen LogP contribution < -0.4 is 5.56 Å². The fourth-order valence-corrected chi connectivity index (χ4v) is 2.76. The van der Waals surface area contributed by atoms with Crippen molar-refractivity contribution in [1.29, 1.82) is 0 Å². The predicted octanol–water partition coefficient (Wildman–Crippen LogP) is 2.45. The fourth-order valence-electron chi connectivity index (χ4n) is 2.76. The van der Waals surface area contributed by atoms with Gasteiger partial charge in [0.2, 0.25) is 0 Å². The summed E-state index contributed by atoms with van der Waals surface area (Å²) >= 11 is 0.